The standard InChI is InChI=1S/C15H19N3O3/c1-11-2-6-17-15(13(11)10-16)18-7-3-12(4-8-18)21-9-5-14(19)20/h2,6,12H,3-5,7-9H2,1H3,(H,19,20). The number of aromatic nitrogens is 1. The first-order chi connectivity index (χ1) is 10.1. The highest BCUT2D eigenvalue weighted by Gasteiger charge is 2.23. The van der Waals surface area contributed by atoms with E-state index in [0.29, 0.717) is 5.56 Å². The molecule has 0 radical (unpaired) electrons. The van der Waals surface area contributed by atoms with Gasteiger partial charge < -0.3 is 14.7 Å². The number of nitrogens with zero attached hydrogens (tertiary/aromatic N) is 3. The number of hydrogen-bond donors (Lipinski definition) is 1. The molecule has 0 amide bonds. The minimum atomic E-state index is -0.838. The number of aryl methyl sites for hydroxylation is 1. The van der Waals surface area contributed by atoms with Crippen molar-refractivity contribution >= 4 is 11.8 Å². The van der Waals surface area contributed by atoms with E-state index in [1.165, 1.54) is 0 Å². The Labute approximate surface area is 124 Å². The molecule has 1 aliphatic heterocycles. The van der Waals surface area contributed by atoms with Crippen molar-refractivity contribution in [1.29, 1.82) is 5.26 Å². The Morgan fingerprint density at radius 3 is 2.90 bits per heavy atom. The molecule has 1 saturated heterocycles. The molecule has 21 heavy (non-hydrogen) atoms. The second-order valence-corrected chi connectivity index (χ2v) is 5.14. The van der Waals surface area contributed by atoms with E-state index in [1.807, 2.05) is 13.0 Å². The van der Waals surface area contributed by atoms with Crippen molar-refractivity contribution in [3.8, 4) is 6.07 Å². The quantitative estimate of drug-likeness (QED) is 0.888. The van der Waals surface area contributed by atoms with Crippen LogP contribution in [0.2, 0.25) is 0 Å². The highest BCUT2D eigenvalue weighted by Crippen LogP contribution is 2.24. The molecular weight excluding hydrogens is 270 g/mol. The van der Waals surface area contributed by atoms with Gasteiger partial charge in [-0.15, -0.1) is 0 Å². The van der Waals surface area contributed by atoms with E-state index in [2.05, 4.69) is 16.0 Å². The van der Waals surface area contributed by atoms with E-state index in [4.69, 9.17) is 9.84 Å². The van der Waals surface area contributed by atoms with Crippen LogP contribution in [-0.4, -0.2) is 41.9 Å². The number of pyridine rings is 1. The van der Waals surface area contributed by atoms with Crippen LogP contribution < -0.4 is 4.90 Å². The SMILES string of the molecule is Cc1ccnc(N2CCC(OCCC(=O)O)CC2)c1C#N. The van der Waals surface area contributed by atoms with Crippen LogP contribution in [0.1, 0.15) is 30.4 Å². The molecule has 0 saturated carbocycles. The molecule has 0 atom stereocenters. The van der Waals surface area contributed by atoms with Crippen LogP contribution in [0.25, 0.3) is 0 Å². The highest BCUT2D eigenvalue weighted by atomic mass is 16.5. The van der Waals surface area contributed by atoms with E-state index >= 15 is 0 Å². The van der Waals surface area contributed by atoms with Crippen LogP contribution in [0.4, 0.5) is 5.82 Å². The average molecular weight is 289 g/mol. The molecule has 1 aliphatic rings. The van der Waals surface area contributed by atoms with Gasteiger partial charge in [0, 0.05) is 19.3 Å². The number of anilines is 1. The molecule has 1 aromatic rings. The molecule has 2 rings (SSSR count). The predicted molar refractivity (Wildman–Crippen MR) is 77.1 cm³/mol. The fraction of sp³-hybridized carbons (Fsp3) is 0.533. The van der Waals surface area contributed by atoms with Gasteiger partial charge in [0.05, 0.1) is 24.7 Å². The summed E-state index contributed by atoms with van der Waals surface area (Å²) in [4.78, 5) is 16.9. The lowest BCUT2D eigenvalue weighted by atomic mass is 10.1. The molecule has 1 aromatic heterocycles. The lowest BCUT2D eigenvalue weighted by Crippen LogP contribution is -2.38. The molecule has 0 spiro atoms. The fourth-order valence-corrected chi connectivity index (χ4v) is 2.47. The van der Waals surface area contributed by atoms with Crippen molar-refractivity contribution in [3.05, 3.63) is 23.4 Å². The van der Waals surface area contributed by atoms with Gasteiger partial charge >= 0.3 is 5.97 Å². The average Bonchev–Trinajstić information content (AvgIpc) is 2.47. The van der Waals surface area contributed by atoms with Gasteiger partial charge in [0.15, 0.2) is 0 Å². The van der Waals surface area contributed by atoms with Gasteiger partial charge in [-0.05, 0) is 31.4 Å². The molecular formula is C15H19N3O3. The number of hydrogen-bond acceptors (Lipinski definition) is 5. The molecule has 0 aliphatic carbocycles. The summed E-state index contributed by atoms with van der Waals surface area (Å²) in [5, 5.41) is 17.8. The maximum absolute atomic E-state index is 10.5. The Hall–Kier alpha value is -2.13. The van der Waals surface area contributed by atoms with Crippen molar-refractivity contribution in [1.82, 2.24) is 4.98 Å². The lowest BCUT2D eigenvalue weighted by Gasteiger charge is -2.33. The molecule has 0 bridgehead atoms. The fourth-order valence-electron chi connectivity index (χ4n) is 2.47. The molecule has 0 unspecified atom stereocenters. The first kappa shape index (κ1) is 15.3. The van der Waals surface area contributed by atoms with Gasteiger partial charge in [-0.25, -0.2) is 4.98 Å². The van der Waals surface area contributed by atoms with Crippen LogP contribution in [0, 0.1) is 18.3 Å². The predicted octanol–water partition coefficient (Wildman–Crippen LogP) is 1.72. The van der Waals surface area contributed by atoms with Crippen LogP contribution >= 0.6 is 0 Å². The number of ether oxygens (including phenoxy) is 1. The third kappa shape index (κ3) is 3.92. The van der Waals surface area contributed by atoms with Gasteiger partial charge in [-0.3, -0.25) is 4.79 Å². The number of carboxylic acid groups (broad SMARTS) is 1. The Balaban J connectivity index is 1.91. The third-order valence-corrected chi connectivity index (χ3v) is 3.66. The molecule has 0 aromatic carbocycles. The van der Waals surface area contributed by atoms with Crippen molar-refractivity contribution in [2.75, 3.05) is 24.6 Å². The van der Waals surface area contributed by atoms with Crippen LogP contribution in [0.5, 0.6) is 0 Å². The molecule has 112 valence electrons. The first-order valence-corrected chi connectivity index (χ1v) is 7.06. The summed E-state index contributed by atoms with van der Waals surface area (Å²) in [6, 6.07) is 4.06. The van der Waals surface area contributed by atoms with E-state index in [1.54, 1.807) is 6.20 Å². The molecule has 1 fully saturated rings. The lowest BCUT2D eigenvalue weighted by molar-refractivity contribution is -0.138. The van der Waals surface area contributed by atoms with E-state index in [9.17, 15) is 10.1 Å². The zero-order valence-electron chi connectivity index (χ0n) is 12.1. The maximum Gasteiger partial charge on any atom is 0.305 e. The van der Waals surface area contributed by atoms with Gasteiger partial charge in [0.2, 0.25) is 0 Å². The van der Waals surface area contributed by atoms with E-state index < -0.39 is 5.97 Å². The number of piperidine rings is 1. The number of nitriles is 1. The summed E-state index contributed by atoms with van der Waals surface area (Å²) in [5.74, 6) is -0.100. The normalized spacial score (nSPS) is 15.7. The zero-order valence-corrected chi connectivity index (χ0v) is 12.1. The highest BCUT2D eigenvalue weighted by molar-refractivity contribution is 5.66. The van der Waals surface area contributed by atoms with Gasteiger partial charge in [-0.2, -0.15) is 5.26 Å². The smallest absolute Gasteiger partial charge is 0.305 e. The minimum absolute atomic E-state index is 0.0399. The summed E-state index contributed by atoms with van der Waals surface area (Å²) in [6.07, 6.45) is 3.50. The summed E-state index contributed by atoms with van der Waals surface area (Å²) < 4.78 is 5.57. The maximum atomic E-state index is 10.5. The summed E-state index contributed by atoms with van der Waals surface area (Å²) >= 11 is 0. The van der Waals surface area contributed by atoms with Crippen molar-refractivity contribution in [3.63, 3.8) is 0 Å². The number of carboxylic acids is 1. The first-order valence-electron chi connectivity index (χ1n) is 7.06. The third-order valence-electron chi connectivity index (χ3n) is 3.66. The van der Waals surface area contributed by atoms with Crippen molar-refractivity contribution in [2.24, 2.45) is 0 Å². The van der Waals surface area contributed by atoms with E-state index in [-0.39, 0.29) is 19.1 Å². The Kier molecular flexibility index (Phi) is 5.12. The number of carbonyl (C=O) groups is 1. The second-order valence-electron chi connectivity index (χ2n) is 5.14. The van der Waals surface area contributed by atoms with Gasteiger partial charge in [0.1, 0.15) is 11.9 Å². The molecule has 6 heteroatoms. The van der Waals surface area contributed by atoms with Gasteiger partial charge in [-0.1, -0.05) is 0 Å². The second kappa shape index (κ2) is 7.04. The minimum Gasteiger partial charge on any atom is -0.481 e. The Morgan fingerprint density at radius 2 is 2.29 bits per heavy atom. The van der Waals surface area contributed by atoms with E-state index in [0.717, 1.165) is 37.3 Å². The summed E-state index contributed by atoms with van der Waals surface area (Å²) in [5.41, 5.74) is 1.56. The van der Waals surface area contributed by atoms with Crippen LogP contribution in [-0.2, 0) is 9.53 Å². The topological polar surface area (TPSA) is 86.5 Å². The Bertz CT molecular complexity index is 546. The summed E-state index contributed by atoms with van der Waals surface area (Å²) in [7, 11) is 0. The Morgan fingerprint density at radius 1 is 1.57 bits per heavy atom. The molecule has 2 heterocycles. The largest absolute Gasteiger partial charge is 0.481 e. The number of aliphatic carboxylic acids is 1. The molecule has 6 nitrogen and oxygen atoms in total. The summed E-state index contributed by atoms with van der Waals surface area (Å²) in [6.45, 7) is 3.70. The van der Waals surface area contributed by atoms with Crippen LogP contribution in [0.3, 0.4) is 0 Å². The zero-order chi connectivity index (χ0) is 15.2. The monoisotopic (exact) mass is 289 g/mol. The molecule has 1 N–H and O–H groups in total. The van der Waals surface area contributed by atoms with Crippen molar-refractivity contribution < 1.29 is 14.6 Å². The number of rotatable bonds is 5. The van der Waals surface area contributed by atoms with Crippen molar-refractivity contribution in [2.45, 2.75) is 32.3 Å². The van der Waals surface area contributed by atoms with Crippen LogP contribution in [0.15, 0.2) is 12.3 Å². The van der Waals surface area contributed by atoms with Gasteiger partial charge in [0.25, 0.3) is 0 Å².